The van der Waals surface area contributed by atoms with Gasteiger partial charge in [0.1, 0.15) is 6.54 Å². The first-order chi connectivity index (χ1) is 22.8. The third-order valence-electron chi connectivity index (χ3n) is 10.5. The van der Waals surface area contributed by atoms with Gasteiger partial charge in [-0.05, 0) is 38.7 Å². The van der Waals surface area contributed by atoms with E-state index in [2.05, 4.69) is 43.8 Å². The zero-order valence-corrected chi connectivity index (χ0v) is 32.3. The van der Waals surface area contributed by atoms with E-state index in [1.807, 2.05) is 0 Å². The van der Waals surface area contributed by atoms with Crippen LogP contribution in [0.4, 0.5) is 0 Å². The Morgan fingerprint density at radius 2 is 0.522 bits per heavy atom. The van der Waals surface area contributed by atoms with E-state index in [-0.39, 0.29) is 0 Å². The van der Waals surface area contributed by atoms with Crippen molar-refractivity contribution in [1.82, 2.24) is 0 Å². The van der Waals surface area contributed by atoms with Crippen molar-refractivity contribution < 1.29 is 4.57 Å². The van der Waals surface area contributed by atoms with Crippen LogP contribution in [0, 0.1) is 0 Å². The number of unbranched alkanes of at least 4 members (excludes halogenated alkanes) is 32. The summed E-state index contributed by atoms with van der Waals surface area (Å²) in [6.07, 6.45) is 56.7. The summed E-state index contributed by atoms with van der Waals surface area (Å²) in [5, 5.41) is 0. The minimum Gasteiger partial charge on any atom is -0.205 e. The van der Waals surface area contributed by atoms with Crippen molar-refractivity contribution in [2.75, 3.05) is 0 Å². The summed E-state index contributed by atoms with van der Waals surface area (Å²) in [5.41, 5.74) is 3.15. The molecule has 1 heteroatoms. The molecule has 0 unspecified atom stereocenters. The Balaban J connectivity index is 1.95. The summed E-state index contributed by atoms with van der Waals surface area (Å²) >= 11 is 0. The Morgan fingerprint density at radius 3 is 0.739 bits per heavy atom. The molecule has 0 radical (unpaired) electrons. The van der Waals surface area contributed by atoms with Gasteiger partial charge in [-0.25, -0.2) is 4.57 Å². The van der Waals surface area contributed by atoms with Crippen LogP contribution in [-0.2, 0) is 19.4 Å². The molecule has 1 nitrogen and oxygen atoms in total. The molecule has 0 bridgehead atoms. The largest absolute Gasteiger partial charge is 0.205 e. The van der Waals surface area contributed by atoms with Crippen molar-refractivity contribution in [2.24, 2.45) is 0 Å². The normalized spacial score (nSPS) is 11.5. The number of nitrogens with zero attached hydrogens (tertiary/aromatic N) is 1. The van der Waals surface area contributed by atoms with E-state index in [4.69, 9.17) is 0 Å². The van der Waals surface area contributed by atoms with E-state index in [1.165, 1.54) is 231 Å². The first-order valence-electron chi connectivity index (χ1n) is 21.8. The molecule has 0 saturated heterocycles. The van der Waals surface area contributed by atoms with E-state index in [0.29, 0.717) is 0 Å². The average molecular weight is 641 g/mol. The van der Waals surface area contributed by atoms with Crippen LogP contribution in [0.1, 0.15) is 250 Å². The summed E-state index contributed by atoms with van der Waals surface area (Å²) in [4.78, 5) is 0. The highest BCUT2D eigenvalue weighted by molar-refractivity contribution is 5.15. The zero-order chi connectivity index (χ0) is 33.0. The Bertz CT molecular complexity index is 667. The summed E-state index contributed by atoms with van der Waals surface area (Å²) in [6.45, 7) is 8.00. The monoisotopic (exact) mass is 641 g/mol. The van der Waals surface area contributed by atoms with Crippen LogP contribution in [-0.4, -0.2) is 0 Å². The van der Waals surface area contributed by atoms with Gasteiger partial charge in [0.05, 0.1) is 0 Å². The van der Waals surface area contributed by atoms with Crippen molar-refractivity contribution >= 4 is 0 Å². The highest BCUT2D eigenvalue weighted by Gasteiger charge is 2.07. The van der Waals surface area contributed by atoms with E-state index >= 15 is 0 Å². The van der Waals surface area contributed by atoms with Crippen LogP contribution in [0.25, 0.3) is 0 Å². The van der Waals surface area contributed by atoms with Gasteiger partial charge in [-0.2, -0.15) is 0 Å². The van der Waals surface area contributed by atoms with Gasteiger partial charge >= 0.3 is 0 Å². The lowest BCUT2D eigenvalue weighted by molar-refractivity contribution is -0.694. The van der Waals surface area contributed by atoms with Crippen LogP contribution < -0.4 is 4.57 Å². The van der Waals surface area contributed by atoms with E-state index in [1.54, 1.807) is 11.1 Å². The highest BCUT2D eigenvalue weighted by Crippen LogP contribution is 2.17. The van der Waals surface area contributed by atoms with Crippen LogP contribution in [0.3, 0.4) is 0 Å². The van der Waals surface area contributed by atoms with Gasteiger partial charge in [0.25, 0.3) is 0 Å². The topological polar surface area (TPSA) is 3.88 Å². The van der Waals surface area contributed by atoms with Crippen LogP contribution in [0.5, 0.6) is 0 Å². The zero-order valence-electron chi connectivity index (χ0n) is 32.3. The van der Waals surface area contributed by atoms with Crippen molar-refractivity contribution in [3.8, 4) is 0 Å². The first-order valence-corrected chi connectivity index (χ1v) is 21.8. The fourth-order valence-electron chi connectivity index (χ4n) is 7.34. The van der Waals surface area contributed by atoms with E-state index < -0.39 is 0 Å². The number of pyridine rings is 1. The smallest absolute Gasteiger partial charge is 0.171 e. The molecule has 46 heavy (non-hydrogen) atoms. The molecule has 1 aromatic rings. The summed E-state index contributed by atoms with van der Waals surface area (Å²) in [6, 6.07) is 2.53. The molecule has 0 spiro atoms. The lowest BCUT2D eigenvalue weighted by Gasteiger charge is -2.06. The number of hydrogen-bond donors (Lipinski definition) is 0. The molecule has 0 amide bonds. The second-order valence-electron chi connectivity index (χ2n) is 15.2. The van der Waals surface area contributed by atoms with Gasteiger partial charge < -0.3 is 0 Å². The predicted molar refractivity (Wildman–Crippen MR) is 208 cm³/mol. The quantitative estimate of drug-likeness (QED) is 0.0503. The summed E-state index contributed by atoms with van der Waals surface area (Å²) < 4.78 is 2.44. The molecule has 1 aromatic heterocycles. The lowest BCUT2D eigenvalue weighted by Crippen LogP contribution is -2.32. The van der Waals surface area contributed by atoms with Gasteiger partial charge in [0.15, 0.2) is 12.4 Å². The molecule has 270 valence electrons. The number of aromatic nitrogens is 1. The molecule has 0 N–H and O–H groups in total. The van der Waals surface area contributed by atoms with Crippen LogP contribution in [0.15, 0.2) is 18.5 Å². The molecule has 0 aliphatic heterocycles. The number of hydrogen-bond acceptors (Lipinski definition) is 0. The fourth-order valence-corrected chi connectivity index (χ4v) is 7.34. The maximum Gasteiger partial charge on any atom is 0.171 e. The number of aryl methyl sites for hydroxylation is 3. The van der Waals surface area contributed by atoms with Crippen LogP contribution in [0.2, 0.25) is 0 Å². The van der Waals surface area contributed by atoms with Gasteiger partial charge in [0, 0.05) is 11.1 Å². The van der Waals surface area contributed by atoms with Gasteiger partial charge in [-0.3, -0.25) is 0 Å². The second-order valence-corrected chi connectivity index (χ2v) is 15.2. The SMILES string of the molecule is CCCCCCCCCCCCCCCCCCCc1cc(CCCCCCCCCCCCCCCCCCC)c[n+](CC)c1. The average Bonchev–Trinajstić information content (AvgIpc) is 3.07. The molecule has 1 heterocycles. The summed E-state index contributed by atoms with van der Waals surface area (Å²) in [7, 11) is 0. The minimum atomic E-state index is 1.10. The van der Waals surface area contributed by atoms with E-state index in [9.17, 15) is 0 Å². The van der Waals surface area contributed by atoms with Crippen LogP contribution >= 0.6 is 0 Å². The van der Waals surface area contributed by atoms with Gasteiger partial charge in [-0.15, -0.1) is 0 Å². The third-order valence-corrected chi connectivity index (χ3v) is 10.5. The Hall–Kier alpha value is -0.850. The standard InChI is InChI=1S/C45H86N/c1-4-7-9-11-13-15-17-19-21-23-25-27-29-31-33-35-37-39-44-41-45(43-46(6-3)42-44)40-38-36-34-32-30-28-26-24-22-20-18-16-14-12-10-8-5-2/h41-43H,4-40H2,1-3H3/q+1. The highest BCUT2D eigenvalue weighted by atomic mass is 14.9. The second kappa shape index (κ2) is 35.5. The molecule has 0 fully saturated rings. The Labute approximate surface area is 291 Å². The first kappa shape index (κ1) is 43.2. The molecule has 0 aliphatic carbocycles. The fraction of sp³-hybridized carbons (Fsp3) is 0.889. The Kier molecular flexibility index (Phi) is 33.3. The molecule has 0 aromatic carbocycles. The predicted octanol–water partition coefficient (Wildman–Crippen LogP) is 15.4. The molecular formula is C45H86N+. The molecule has 0 saturated carbocycles. The Morgan fingerprint density at radius 1 is 0.304 bits per heavy atom. The molecule has 0 atom stereocenters. The van der Waals surface area contributed by atoms with Gasteiger partial charge in [0.2, 0.25) is 0 Å². The third kappa shape index (κ3) is 29.3. The minimum absolute atomic E-state index is 1.10. The maximum absolute atomic E-state index is 2.53. The number of rotatable bonds is 37. The summed E-state index contributed by atoms with van der Waals surface area (Å²) in [5.74, 6) is 0. The lowest BCUT2D eigenvalue weighted by atomic mass is 10.0. The molecule has 0 aliphatic rings. The molecular weight excluding hydrogens is 555 g/mol. The van der Waals surface area contributed by atoms with E-state index in [0.717, 1.165) is 6.54 Å². The maximum atomic E-state index is 2.53. The van der Waals surface area contributed by atoms with Crippen molar-refractivity contribution in [2.45, 2.75) is 258 Å². The van der Waals surface area contributed by atoms with Crippen molar-refractivity contribution in [1.29, 1.82) is 0 Å². The molecule has 1 rings (SSSR count). The van der Waals surface area contributed by atoms with Crippen molar-refractivity contribution in [3.63, 3.8) is 0 Å². The van der Waals surface area contributed by atoms with Gasteiger partial charge in [-0.1, -0.05) is 219 Å². The van der Waals surface area contributed by atoms with Crippen molar-refractivity contribution in [3.05, 3.63) is 29.6 Å².